The van der Waals surface area contributed by atoms with Gasteiger partial charge in [-0.05, 0) is 108 Å². The summed E-state index contributed by atoms with van der Waals surface area (Å²) in [5.74, 6) is 1.05. The molecule has 5 aliphatic rings. The van der Waals surface area contributed by atoms with E-state index in [1.165, 1.54) is 35.2 Å². The lowest BCUT2D eigenvalue weighted by molar-refractivity contribution is -0.161. The van der Waals surface area contributed by atoms with Gasteiger partial charge >= 0.3 is 5.97 Å². The Labute approximate surface area is 262 Å². The maximum Gasteiger partial charge on any atom is 0.306 e. The first kappa shape index (κ1) is 29.8. The Morgan fingerprint density at radius 2 is 1.70 bits per heavy atom. The third-order valence-corrected chi connectivity index (χ3v) is 14.5. The zero-order chi connectivity index (χ0) is 31.6. The van der Waals surface area contributed by atoms with Gasteiger partial charge in [0.15, 0.2) is 0 Å². The number of nitrogens with zero attached hydrogens (tertiary/aromatic N) is 1. The molecule has 0 bridgehead atoms. The van der Waals surface area contributed by atoms with Crippen molar-refractivity contribution in [1.82, 2.24) is 10.2 Å². The van der Waals surface area contributed by atoms with E-state index in [9.17, 15) is 14.7 Å². The summed E-state index contributed by atoms with van der Waals surface area (Å²) in [5.41, 5.74) is 13.8. The molecule has 1 heterocycles. The molecule has 3 saturated carbocycles. The predicted molar refractivity (Wildman–Crippen MR) is 174 cm³/mol. The lowest BCUT2D eigenvalue weighted by atomic mass is 9.33. The van der Waals surface area contributed by atoms with Crippen LogP contribution in [0.5, 0.6) is 0 Å². The molecular formula is C38H51N3O3. The maximum atomic E-state index is 12.7. The SMILES string of the molecule is CC1(C)CC2C3=C(c4ccc(C=O)cc4)CC4C5(C)Cc6c(N)n[nH]c6C(C)(C)C5CCC4(C)C3(C)CCC2[C@H](C(=O)O)C1. The third-order valence-electron chi connectivity index (χ3n) is 14.5. The average Bonchev–Trinajstić information content (AvgIpc) is 3.32. The van der Waals surface area contributed by atoms with Crippen molar-refractivity contribution in [3.05, 3.63) is 52.2 Å². The summed E-state index contributed by atoms with van der Waals surface area (Å²) in [6.07, 6.45) is 8.94. The first-order valence-corrected chi connectivity index (χ1v) is 16.9. The number of nitrogens with two attached hydrogens (primary N) is 1. The summed E-state index contributed by atoms with van der Waals surface area (Å²) < 4.78 is 0. The predicted octanol–water partition coefficient (Wildman–Crippen LogP) is 8.09. The van der Waals surface area contributed by atoms with Gasteiger partial charge in [0.05, 0.1) is 5.92 Å². The monoisotopic (exact) mass is 597 g/mol. The zero-order valence-electron chi connectivity index (χ0n) is 27.7. The fraction of sp³-hybridized carbons (Fsp3) is 0.658. The molecule has 8 atom stereocenters. The van der Waals surface area contributed by atoms with Crippen molar-refractivity contribution in [2.75, 3.05) is 5.73 Å². The molecule has 236 valence electrons. The average molecular weight is 598 g/mol. The molecule has 2 aromatic rings. The number of aromatic nitrogens is 2. The number of carboxylic acids is 1. The third kappa shape index (κ3) is 3.81. The summed E-state index contributed by atoms with van der Waals surface area (Å²) in [7, 11) is 0. The Bertz CT molecular complexity index is 1570. The number of hydrogen-bond donors (Lipinski definition) is 3. The van der Waals surface area contributed by atoms with Crippen molar-refractivity contribution in [1.29, 1.82) is 0 Å². The van der Waals surface area contributed by atoms with Gasteiger partial charge in [-0.3, -0.25) is 14.7 Å². The van der Waals surface area contributed by atoms with Crippen molar-refractivity contribution in [2.24, 2.45) is 51.2 Å². The molecule has 0 aliphatic heterocycles. The molecule has 0 amide bonds. The van der Waals surface area contributed by atoms with Crippen LogP contribution in [0.1, 0.15) is 121 Å². The lowest BCUT2D eigenvalue weighted by Crippen LogP contribution is -2.64. The summed E-state index contributed by atoms with van der Waals surface area (Å²) in [6.45, 7) is 17.0. The number of carbonyl (C=O) groups excluding carboxylic acids is 1. The van der Waals surface area contributed by atoms with Gasteiger partial charge in [-0.15, -0.1) is 0 Å². The molecule has 4 N–H and O–H groups in total. The van der Waals surface area contributed by atoms with Crippen LogP contribution in [0.15, 0.2) is 29.8 Å². The van der Waals surface area contributed by atoms with E-state index < -0.39 is 5.97 Å². The molecular weight excluding hydrogens is 546 g/mol. The Morgan fingerprint density at radius 1 is 1.00 bits per heavy atom. The number of carboxylic acid groups (broad SMARTS) is 1. The first-order valence-electron chi connectivity index (χ1n) is 16.9. The van der Waals surface area contributed by atoms with Crippen molar-refractivity contribution in [3.63, 3.8) is 0 Å². The molecule has 3 fully saturated rings. The number of hydrogen-bond acceptors (Lipinski definition) is 4. The molecule has 6 nitrogen and oxygen atoms in total. The highest BCUT2D eigenvalue weighted by molar-refractivity contribution is 5.79. The van der Waals surface area contributed by atoms with Crippen molar-refractivity contribution in [2.45, 2.75) is 105 Å². The second-order valence-corrected chi connectivity index (χ2v) is 17.4. The second-order valence-electron chi connectivity index (χ2n) is 17.4. The normalized spacial score (nSPS) is 40.1. The van der Waals surface area contributed by atoms with E-state index in [0.29, 0.717) is 23.2 Å². The number of H-pyrrole nitrogens is 1. The van der Waals surface area contributed by atoms with Gasteiger partial charge in [-0.1, -0.05) is 78.3 Å². The number of aliphatic carboxylic acids is 1. The van der Waals surface area contributed by atoms with Gasteiger partial charge in [0, 0.05) is 22.2 Å². The number of allylic oxidation sites excluding steroid dienone is 2. The quantitative estimate of drug-likeness (QED) is 0.310. The van der Waals surface area contributed by atoms with E-state index in [0.717, 1.165) is 44.8 Å². The Morgan fingerprint density at radius 3 is 2.36 bits per heavy atom. The van der Waals surface area contributed by atoms with Gasteiger partial charge in [0.25, 0.3) is 0 Å². The minimum absolute atomic E-state index is 0.0241. The van der Waals surface area contributed by atoms with Crippen LogP contribution < -0.4 is 5.73 Å². The van der Waals surface area contributed by atoms with E-state index >= 15 is 0 Å². The van der Waals surface area contributed by atoms with E-state index in [1.54, 1.807) is 5.57 Å². The number of nitrogen functional groups attached to an aromatic ring is 1. The molecule has 5 aliphatic carbocycles. The van der Waals surface area contributed by atoms with Gasteiger partial charge in [-0.25, -0.2) is 0 Å². The summed E-state index contributed by atoms with van der Waals surface area (Å²) in [4.78, 5) is 24.4. The van der Waals surface area contributed by atoms with Crippen LogP contribution in [0.25, 0.3) is 5.57 Å². The fourth-order valence-corrected chi connectivity index (χ4v) is 12.5. The fourth-order valence-electron chi connectivity index (χ4n) is 12.5. The smallest absolute Gasteiger partial charge is 0.306 e. The topological polar surface area (TPSA) is 109 Å². The molecule has 44 heavy (non-hydrogen) atoms. The van der Waals surface area contributed by atoms with E-state index in [1.807, 2.05) is 12.1 Å². The molecule has 7 unspecified atom stereocenters. The standard InChI is InChI=1S/C38H51N3O3/c1-34(2)17-25-23(26(18-34)33(43)44)12-14-38(7)30(25)24(22-10-8-21(20-42)9-11-22)16-29-36(5)19-27-31(40-41-32(27)39)35(3,4)28(36)13-15-37(29,38)6/h8-11,20,23,25-26,28-29H,12-19H2,1-7H3,(H,43,44)(H3,39,40,41)/t23?,25?,26-,28?,29?,36?,37?,38?/m1/s1. The van der Waals surface area contributed by atoms with Crippen molar-refractivity contribution < 1.29 is 14.7 Å². The molecule has 0 saturated heterocycles. The van der Waals surface area contributed by atoms with E-state index in [-0.39, 0.29) is 44.8 Å². The van der Waals surface area contributed by atoms with Crippen LogP contribution in [0.3, 0.4) is 0 Å². The molecule has 1 aromatic carbocycles. The maximum absolute atomic E-state index is 12.7. The van der Waals surface area contributed by atoms with Crippen LogP contribution in [-0.4, -0.2) is 27.6 Å². The molecule has 0 spiro atoms. The molecule has 1 aromatic heterocycles. The summed E-state index contributed by atoms with van der Waals surface area (Å²) >= 11 is 0. The largest absolute Gasteiger partial charge is 0.481 e. The number of anilines is 1. The highest BCUT2D eigenvalue weighted by atomic mass is 16.4. The number of carbonyl (C=O) groups is 2. The van der Waals surface area contributed by atoms with Crippen molar-refractivity contribution in [3.8, 4) is 0 Å². The van der Waals surface area contributed by atoms with E-state index in [2.05, 4.69) is 70.8 Å². The summed E-state index contributed by atoms with van der Waals surface area (Å²) in [5, 5.41) is 18.3. The van der Waals surface area contributed by atoms with Gasteiger partial charge in [-0.2, -0.15) is 5.10 Å². The first-order chi connectivity index (χ1) is 20.6. The number of aldehydes is 1. The van der Waals surface area contributed by atoms with Crippen LogP contribution in [0.2, 0.25) is 0 Å². The number of nitrogens with one attached hydrogen (secondary N) is 1. The second kappa shape index (κ2) is 9.33. The number of fused-ring (bicyclic) bond motifs is 8. The van der Waals surface area contributed by atoms with Crippen LogP contribution in [0, 0.1) is 51.2 Å². The van der Waals surface area contributed by atoms with Gasteiger partial charge < -0.3 is 10.8 Å². The number of benzene rings is 1. The van der Waals surface area contributed by atoms with E-state index in [4.69, 9.17) is 5.73 Å². The highest BCUT2D eigenvalue weighted by Crippen LogP contribution is 2.76. The minimum atomic E-state index is -0.625. The Balaban J connectivity index is 1.46. The van der Waals surface area contributed by atoms with Gasteiger partial charge in [0.2, 0.25) is 0 Å². The molecule has 6 heteroatoms. The van der Waals surface area contributed by atoms with Crippen LogP contribution in [-0.2, 0) is 16.6 Å². The molecule has 0 radical (unpaired) electrons. The van der Waals surface area contributed by atoms with Crippen molar-refractivity contribution >= 4 is 23.6 Å². The Hall–Kier alpha value is -2.89. The highest BCUT2D eigenvalue weighted by Gasteiger charge is 2.68. The zero-order valence-corrected chi connectivity index (χ0v) is 27.7. The molecule has 7 rings (SSSR count). The Kier molecular flexibility index (Phi) is 6.32. The lowest BCUT2D eigenvalue weighted by Gasteiger charge is -2.70. The number of rotatable bonds is 3. The minimum Gasteiger partial charge on any atom is -0.481 e. The van der Waals surface area contributed by atoms with Crippen LogP contribution in [0.4, 0.5) is 5.82 Å². The summed E-state index contributed by atoms with van der Waals surface area (Å²) in [6, 6.07) is 8.22. The van der Waals surface area contributed by atoms with Gasteiger partial charge in [0.1, 0.15) is 12.1 Å². The van der Waals surface area contributed by atoms with Crippen LogP contribution >= 0.6 is 0 Å². The number of aromatic amines is 1.